The first-order valence-corrected chi connectivity index (χ1v) is 8.57. The molecule has 0 aliphatic carbocycles. The first-order chi connectivity index (χ1) is 12.9. The van der Waals surface area contributed by atoms with Gasteiger partial charge in [-0.15, -0.1) is 0 Å². The molecule has 0 fully saturated rings. The molecule has 0 saturated carbocycles. The van der Waals surface area contributed by atoms with Gasteiger partial charge in [-0.1, -0.05) is 59.6 Å². The van der Waals surface area contributed by atoms with Crippen molar-refractivity contribution in [2.45, 2.75) is 6.92 Å². The van der Waals surface area contributed by atoms with Gasteiger partial charge in [0.25, 0.3) is 5.91 Å². The van der Waals surface area contributed by atoms with Crippen LogP contribution in [0.3, 0.4) is 0 Å². The van der Waals surface area contributed by atoms with Crippen LogP contribution in [0.5, 0.6) is 0 Å². The molecule has 0 atom stereocenters. The van der Waals surface area contributed by atoms with Crippen LogP contribution in [0.2, 0.25) is 10.0 Å². The first kappa shape index (κ1) is 20.5. The van der Waals surface area contributed by atoms with Gasteiger partial charge in [0.15, 0.2) is 6.61 Å². The van der Waals surface area contributed by atoms with Gasteiger partial charge in [-0.3, -0.25) is 9.59 Å². The number of halogens is 2. The normalized spacial score (nSPS) is 10.9. The summed E-state index contributed by atoms with van der Waals surface area (Å²) in [5, 5.41) is 5.38. The average Bonchev–Trinajstić information content (AvgIpc) is 2.63. The van der Waals surface area contributed by atoms with Gasteiger partial charge in [-0.2, -0.15) is 0 Å². The molecule has 2 aromatic carbocycles. The van der Waals surface area contributed by atoms with Gasteiger partial charge >= 0.3 is 5.97 Å². The van der Waals surface area contributed by atoms with Crippen LogP contribution >= 0.6 is 23.2 Å². The van der Waals surface area contributed by atoms with E-state index in [1.165, 1.54) is 13.0 Å². The van der Waals surface area contributed by atoms with Gasteiger partial charge in [0.1, 0.15) is 5.70 Å². The number of carbonyl (C=O) groups is 3. The van der Waals surface area contributed by atoms with E-state index in [-0.39, 0.29) is 21.4 Å². The van der Waals surface area contributed by atoms with E-state index < -0.39 is 24.4 Å². The Labute approximate surface area is 166 Å². The molecule has 2 aromatic rings. The number of anilines is 1. The van der Waals surface area contributed by atoms with Gasteiger partial charge in [-0.05, 0) is 23.8 Å². The third-order valence-electron chi connectivity index (χ3n) is 3.20. The van der Waals surface area contributed by atoms with E-state index in [1.807, 2.05) is 6.07 Å². The Bertz CT molecular complexity index is 862. The lowest BCUT2D eigenvalue weighted by Crippen LogP contribution is -2.29. The SMILES string of the molecule is CC(=O)N/C(=C\c1ccccc1)C(=O)OCC(=O)Nc1c(Cl)cccc1Cl. The number of nitrogens with one attached hydrogen (secondary N) is 2. The molecule has 2 amide bonds. The van der Waals surface area contributed by atoms with E-state index in [9.17, 15) is 14.4 Å². The van der Waals surface area contributed by atoms with Crippen LogP contribution in [0, 0.1) is 0 Å². The van der Waals surface area contributed by atoms with Crippen LogP contribution in [-0.2, 0) is 19.1 Å². The predicted octanol–water partition coefficient (Wildman–Crippen LogP) is 3.65. The molecule has 0 saturated heterocycles. The fourth-order valence-electron chi connectivity index (χ4n) is 2.05. The van der Waals surface area contributed by atoms with Crippen LogP contribution in [0.15, 0.2) is 54.2 Å². The second kappa shape index (κ2) is 9.75. The van der Waals surface area contributed by atoms with Gasteiger partial charge in [0.05, 0.1) is 15.7 Å². The molecule has 0 spiro atoms. The molecule has 0 heterocycles. The highest BCUT2D eigenvalue weighted by Crippen LogP contribution is 2.29. The molecular weight excluding hydrogens is 391 g/mol. The van der Waals surface area contributed by atoms with Crippen LogP contribution < -0.4 is 10.6 Å². The standard InChI is InChI=1S/C19H16Cl2N2O4/c1-12(24)22-16(10-13-6-3-2-4-7-13)19(26)27-11-17(25)23-18-14(20)8-5-9-15(18)21/h2-10H,11H2,1H3,(H,22,24)(H,23,25)/b16-10-. The summed E-state index contributed by atoms with van der Waals surface area (Å²) in [6.07, 6.45) is 1.45. The quantitative estimate of drug-likeness (QED) is 0.566. The van der Waals surface area contributed by atoms with E-state index in [2.05, 4.69) is 10.6 Å². The lowest BCUT2D eigenvalue weighted by molar-refractivity contribution is -0.144. The third-order valence-corrected chi connectivity index (χ3v) is 3.83. The van der Waals surface area contributed by atoms with E-state index in [0.29, 0.717) is 5.56 Å². The summed E-state index contributed by atoms with van der Waals surface area (Å²) in [5.74, 6) is -1.92. The molecule has 27 heavy (non-hydrogen) atoms. The average molecular weight is 407 g/mol. The van der Waals surface area contributed by atoms with Crippen molar-refractivity contribution in [2.75, 3.05) is 11.9 Å². The van der Waals surface area contributed by atoms with Crippen molar-refractivity contribution >= 4 is 52.7 Å². The Balaban J connectivity index is 2.03. The summed E-state index contributed by atoms with van der Waals surface area (Å²) in [4.78, 5) is 35.6. The van der Waals surface area contributed by atoms with E-state index in [1.54, 1.807) is 42.5 Å². The highest BCUT2D eigenvalue weighted by Gasteiger charge is 2.16. The highest BCUT2D eigenvalue weighted by molar-refractivity contribution is 6.39. The Morgan fingerprint density at radius 3 is 2.22 bits per heavy atom. The molecule has 140 valence electrons. The Morgan fingerprint density at radius 1 is 1.00 bits per heavy atom. The molecule has 2 rings (SSSR count). The van der Waals surface area contributed by atoms with E-state index in [0.717, 1.165) is 0 Å². The second-order valence-electron chi connectivity index (χ2n) is 5.37. The lowest BCUT2D eigenvalue weighted by atomic mass is 10.2. The van der Waals surface area contributed by atoms with Gasteiger partial charge < -0.3 is 15.4 Å². The van der Waals surface area contributed by atoms with Crippen LogP contribution in [0.25, 0.3) is 6.08 Å². The minimum atomic E-state index is -0.852. The topological polar surface area (TPSA) is 84.5 Å². The lowest BCUT2D eigenvalue weighted by Gasteiger charge is -2.11. The number of benzene rings is 2. The molecule has 0 aromatic heterocycles. The smallest absolute Gasteiger partial charge is 0.355 e. The van der Waals surface area contributed by atoms with E-state index in [4.69, 9.17) is 27.9 Å². The minimum absolute atomic E-state index is 0.0859. The highest BCUT2D eigenvalue weighted by atomic mass is 35.5. The molecule has 0 bridgehead atoms. The third kappa shape index (κ3) is 6.44. The number of hydrogen-bond acceptors (Lipinski definition) is 4. The summed E-state index contributed by atoms with van der Waals surface area (Å²) in [7, 11) is 0. The molecule has 0 aliphatic heterocycles. The van der Waals surface area contributed by atoms with Crippen LogP contribution in [-0.4, -0.2) is 24.4 Å². The maximum atomic E-state index is 12.2. The molecule has 2 N–H and O–H groups in total. The van der Waals surface area contributed by atoms with Crippen molar-refractivity contribution in [3.8, 4) is 0 Å². The van der Waals surface area contributed by atoms with E-state index >= 15 is 0 Å². The summed E-state index contributed by atoms with van der Waals surface area (Å²) >= 11 is 11.9. The molecule has 8 heteroatoms. The Hall–Kier alpha value is -2.83. The second-order valence-corrected chi connectivity index (χ2v) is 6.19. The maximum Gasteiger partial charge on any atom is 0.355 e. The molecule has 6 nitrogen and oxygen atoms in total. The minimum Gasteiger partial charge on any atom is -0.451 e. The fraction of sp³-hybridized carbons (Fsp3) is 0.105. The maximum absolute atomic E-state index is 12.2. The van der Waals surface area contributed by atoms with Crippen molar-refractivity contribution in [1.29, 1.82) is 0 Å². The molecular formula is C19H16Cl2N2O4. The van der Waals surface area contributed by atoms with Crippen LogP contribution in [0.4, 0.5) is 5.69 Å². The number of amides is 2. The molecule has 0 unspecified atom stereocenters. The summed E-state index contributed by atoms with van der Waals surface area (Å²) in [5.41, 5.74) is 0.826. The number of esters is 1. The number of hydrogen-bond donors (Lipinski definition) is 2. The number of carbonyl (C=O) groups excluding carboxylic acids is 3. The summed E-state index contributed by atoms with van der Waals surface area (Å²) in [6, 6.07) is 13.6. The van der Waals surface area contributed by atoms with Gasteiger partial charge in [-0.25, -0.2) is 4.79 Å². The van der Waals surface area contributed by atoms with Gasteiger partial charge in [0.2, 0.25) is 5.91 Å². The molecule has 0 aliphatic rings. The van der Waals surface area contributed by atoms with Crippen molar-refractivity contribution in [2.24, 2.45) is 0 Å². The fourth-order valence-corrected chi connectivity index (χ4v) is 2.55. The number of para-hydroxylation sites is 1. The van der Waals surface area contributed by atoms with Crippen molar-refractivity contribution in [1.82, 2.24) is 5.32 Å². The summed E-state index contributed by atoms with van der Waals surface area (Å²) < 4.78 is 4.97. The Morgan fingerprint density at radius 2 is 1.63 bits per heavy atom. The number of rotatable bonds is 6. The molecule has 0 radical (unpaired) electrons. The zero-order valence-electron chi connectivity index (χ0n) is 14.3. The first-order valence-electron chi connectivity index (χ1n) is 7.82. The zero-order chi connectivity index (χ0) is 19.8. The van der Waals surface area contributed by atoms with Crippen molar-refractivity contribution in [3.63, 3.8) is 0 Å². The van der Waals surface area contributed by atoms with Gasteiger partial charge in [0, 0.05) is 6.92 Å². The predicted molar refractivity (Wildman–Crippen MR) is 104 cm³/mol. The van der Waals surface area contributed by atoms with Crippen LogP contribution in [0.1, 0.15) is 12.5 Å². The van der Waals surface area contributed by atoms with Crippen molar-refractivity contribution in [3.05, 3.63) is 69.8 Å². The largest absolute Gasteiger partial charge is 0.451 e. The number of ether oxygens (including phenoxy) is 1. The zero-order valence-corrected chi connectivity index (χ0v) is 15.8. The summed E-state index contributed by atoms with van der Waals surface area (Å²) in [6.45, 7) is 0.685. The Kier molecular flexibility index (Phi) is 7.40. The van der Waals surface area contributed by atoms with Crippen molar-refractivity contribution < 1.29 is 19.1 Å². The monoisotopic (exact) mass is 406 g/mol.